The standard InChI is InChI=1S/C16H11N5O/c17-16-15-13(6-12(8-22)21(15)20-9-19-16)11-5-10-3-1-2-4-14(10)18-7-11/h1-9H,(H2,17,19,20). The van der Waals surface area contributed by atoms with Crippen LogP contribution in [-0.4, -0.2) is 25.9 Å². The molecule has 0 aliphatic rings. The van der Waals surface area contributed by atoms with Crippen LogP contribution in [0.2, 0.25) is 0 Å². The molecule has 0 atom stereocenters. The average molecular weight is 289 g/mol. The summed E-state index contributed by atoms with van der Waals surface area (Å²) in [6.07, 6.45) is 3.84. The number of hydrogen-bond acceptors (Lipinski definition) is 5. The van der Waals surface area contributed by atoms with E-state index in [9.17, 15) is 4.79 Å². The number of carbonyl (C=O) groups is 1. The first-order valence-electron chi connectivity index (χ1n) is 6.70. The van der Waals surface area contributed by atoms with Crippen LogP contribution in [0.1, 0.15) is 10.5 Å². The number of aromatic nitrogens is 4. The zero-order valence-corrected chi connectivity index (χ0v) is 11.5. The van der Waals surface area contributed by atoms with Gasteiger partial charge in [-0.05, 0) is 18.2 Å². The predicted octanol–water partition coefficient (Wildman–Crippen LogP) is 2.34. The molecule has 1 aromatic carbocycles. The highest BCUT2D eigenvalue weighted by molar-refractivity contribution is 5.95. The molecule has 0 aliphatic heterocycles. The van der Waals surface area contributed by atoms with E-state index in [1.54, 1.807) is 12.3 Å². The van der Waals surface area contributed by atoms with Crippen molar-refractivity contribution in [3.63, 3.8) is 0 Å². The minimum atomic E-state index is 0.325. The summed E-state index contributed by atoms with van der Waals surface area (Å²) >= 11 is 0. The molecule has 22 heavy (non-hydrogen) atoms. The van der Waals surface area contributed by atoms with Gasteiger partial charge >= 0.3 is 0 Å². The molecule has 4 rings (SSSR count). The van der Waals surface area contributed by atoms with Crippen LogP contribution in [-0.2, 0) is 0 Å². The van der Waals surface area contributed by atoms with Gasteiger partial charge in [-0.1, -0.05) is 18.2 Å². The Hall–Kier alpha value is -3.28. The number of pyridine rings is 1. The topological polar surface area (TPSA) is 86.2 Å². The number of aldehydes is 1. The maximum absolute atomic E-state index is 11.3. The van der Waals surface area contributed by atoms with Gasteiger partial charge in [0.25, 0.3) is 0 Å². The molecule has 0 aliphatic carbocycles. The van der Waals surface area contributed by atoms with Crippen LogP contribution in [0.3, 0.4) is 0 Å². The lowest BCUT2D eigenvalue weighted by atomic mass is 10.1. The summed E-state index contributed by atoms with van der Waals surface area (Å²) in [7, 11) is 0. The average Bonchev–Trinajstić information content (AvgIpc) is 2.94. The van der Waals surface area contributed by atoms with Gasteiger partial charge in [0.1, 0.15) is 17.5 Å². The highest BCUT2D eigenvalue weighted by atomic mass is 16.1. The maximum atomic E-state index is 11.3. The molecule has 6 heteroatoms. The lowest BCUT2D eigenvalue weighted by Gasteiger charge is -2.04. The number of nitrogens with two attached hydrogens (primary N) is 1. The summed E-state index contributed by atoms with van der Waals surface area (Å²) in [5.74, 6) is 0.325. The van der Waals surface area contributed by atoms with E-state index >= 15 is 0 Å². The van der Waals surface area contributed by atoms with Crippen molar-refractivity contribution in [3.8, 4) is 11.1 Å². The van der Waals surface area contributed by atoms with Gasteiger partial charge in [0.15, 0.2) is 12.1 Å². The first-order valence-corrected chi connectivity index (χ1v) is 6.70. The molecule has 0 fully saturated rings. The van der Waals surface area contributed by atoms with Gasteiger partial charge in [0.05, 0.1) is 5.52 Å². The summed E-state index contributed by atoms with van der Waals surface area (Å²) in [5, 5.41) is 5.11. The number of carbonyl (C=O) groups excluding carboxylic acids is 1. The van der Waals surface area contributed by atoms with Crippen molar-refractivity contribution in [1.29, 1.82) is 0 Å². The van der Waals surface area contributed by atoms with Crippen molar-refractivity contribution in [2.45, 2.75) is 0 Å². The lowest BCUT2D eigenvalue weighted by molar-refractivity contribution is 0.111. The summed E-state index contributed by atoms with van der Waals surface area (Å²) < 4.78 is 1.50. The predicted molar refractivity (Wildman–Crippen MR) is 83.5 cm³/mol. The van der Waals surface area contributed by atoms with Crippen molar-refractivity contribution < 1.29 is 4.79 Å². The van der Waals surface area contributed by atoms with E-state index in [-0.39, 0.29) is 0 Å². The SMILES string of the molecule is Nc1ncnn2c(C=O)cc(-c3cnc4ccccc4c3)c12. The molecule has 0 unspecified atom stereocenters. The fourth-order valence-corrected chi connectivity index (χ4v) is 2.61. The maximum Gasteiger partial charge on any atom is 0.168 e. The summed E-state index contributed by atoms with van der Waals surface area (Å²) in [6.45, 7) is 0. The van der Waals surface area contributed by atoms with Crippen LogP contribution >= 0.6 is 0 Å². The van der Waals surface area contributed by atoms with Crippen LogP contribution in [0.15, 0.2) is 48.9 Å². The van der Waals surface area contributed by atoms with Gasteiger partial charge < -0.3 is 5.73 Å². The van der Waals surface area contributed by atoms with Crippen molar-refractivity contribution in [1.82, 2.24) is 19.6 Å². The number of rotatable bonds is 2. The Morgan fingerprint density at radius 2 is 2.00 bits per heavy atom. The Labute approximate surface area is 125 Å². The van der Waals surface area contributed by atoms with E-state index in [0.717, 1.165) is 28.3 Å². The molecule has 4 aromatic rings. The minimum Gasteiger partial charge on any atom is -0.382 e. The molecule has 106 valence electrons. The Morgan fingerprint density at radius 3 is 2.86 bits per heavy atom. The monoisotopic (exact) mass is 289 g/mol. The van der Waals surface area contributed by atoms with Gasteiger partial charge in [-0.2, -0.15) is 5.10 Å². The Morgan fingerprint density at radius 1 is 1.14 bits per heavy atom. The third kappa shape index (κ3) is 1.74. The van der Waals surface area contributed by atoms with Gasteiger partial charge in [-0.25, -0.2) is 9.50 Å². The highest BCUT2D eigenvalue weighted by Gasteiger charge is 2.15. The van der Waals surface area contributed by atoms with E-state index in [2.05, 4.69) is 15.1 Å². The molecule has 3 heterocycles. The van der Waals surface area contributed by atoms with Gasteiger partial charge in [0, 0.05) is 22.7 Å². The van der Waals surface area contributed by atoms with Crippen LogP contribution in [0.25, 0.3) is 27.5 Å². The summed E-state index contributed by atoms with van der Waals surface area (Å²) in [4.78, 5) is 19.7. The Bertz CT molecular complexity index is 1020. The smallest absolute Gasteiger partial charge is 0.168 e. The molecule has 0 saturated carbocycles. The van der Waals surface area contributed by atoms with Crippen LogP contribution in [0.5, 0.6) is 0 Å². The summed E-state index contributed by atoms with van der Waals surface area (Å²) in [5.41, 5.74) is 9.57. The van der Waals surface area contributed by atoms with Crippen LogP contribution in [0.4, 0.5) is 5.82 Å². The normalized spacial score (nSPS) is 11.1. The minimum absolute atomic E-state index is 0.325. The molecule has 3 aromatic heterocycles. The number of anilines is 1. The number of para-hydroxylation sites is 1. The van der Waals surface area contributed by atoms with E-state index in [0.29, 0.717) is 17.0 Å². The second-order valence-electron chi connectivity index (χ2n) is 4.92. The van der Waals surface area contributed by atoms with Crippen molar-refractivity contribution in [3.05, 3.63) is 54.6 Å². The van der Waals surface area contributed by atoms with E-state index < -0.39 is 0 Å². The molecular formula is C16H11N5O. The second kappa shape index (κ2) is 4.63. The van der Waals surface area contributed by atoms with Crippen molar-refractivity contribution in [2.24, 2.45) is 0 Å². The van der Waals surface area contributed by atoms with E-state index in [4.69, 9.17) is 5.73 Å². The fraction of sp³-hybridized carbons (Fsp3) is 0. The molecule has 0 amide bonds. The molecule has 0 bridgehead atoms. The first kappa shape index (κ1) is 12.5. The van der Waals surface area contributed by atoms with Crippen molar-refractivity contribution in [2.75, 3.05) is 5.73 Å². The molecule has 0 radical (unpaired) electrons. The molecule has 0 saturated heterocycles. The summed E-state index contributed by atoms with van der Waals surface area (Å²) in [6, 6.07) is 11.6. The number of nitrogen functional groups attached to an aromatic ring is 1. The molecule has 2 N–H and O–H groups in total. The third-order valence-electron chi connectivity index (χ3n) is 3.63. The van der Waals surface area contributed by atoms with E-state index in [1.807, 2.05) is 30.3 Å². The van der Waals surface area contributed by atoms with E-state index in [1.165, 1.54) is 10.8 Å². The third-order valence-corrected chi connectivity index (χ3v) is 3.63. The Balaban J connectivity index is 2.05. The molecule has 6 nitrogen and oxygen atoms in total. The zero-order valence-electron chi connectivity index (χ0n) is 11.5. The lowest BCUT2D eigenvalue weighted by Crippen LogP contribution is -2.01. The second-order valence-corrected chi connectivity index (χ2v) is 4.92. The van der Waals surface area contributed by atoms with Crippen molar-refractivity contribution >= 4 is 28.5 Å². The Kier molecular flexibility index (Phi) is 2.62. The molecular weight excluding hydrogens is 278 g/mol. The van der Waals surface area contributed by atoms with Crippen LogP contribution in [0, 0.1) is 0 Å². The number of fused-ring (bicyclic) bond motifs is 2. The van der Waals surface area contributed by atoms with Crippen LogP contribution < -0.4 is 5.73 Å². The van der Waals surface area contributed by atoms with Gasteiger partial charge in [-0.3, -0.25) is 9.78 Å². The molecule has 0 spiro atoms. The quantitative estimate of drug-likeness (QED) is 0.572. The number of nitrogens with zero attached hydrogens (tertiary/aromatic N) is 4. The van der Waals surface area contributed by atoms with Gasteiger partial charge in [-0.15, -0.1) is 0 Å². The number of hydrogen-bond donors (Lipinski definition) is 1. The first-order chi connectivity index (χ1) is 10.8. The zero-order chi connectivity index (χ0) is 15.1. The highest BCUT2D eigenvalue weighted by Crippen LogP contribution is 2.30. The number of benzene rings is 1. The van der Waals surface area contributed by atoms with Gasteiger partial charge in [0.2, 0.25) is 0 Å². The fourth-order valence-electron chi connectivity index (χ4n) is 2.61. The largest absolute Gasteiger partial charge is 0.382 e.